The lowest BCUT2D eigenvalue weighted by atomic mass is 9.98. The molecule has 0 spiro atoms. The summed E-state index contributed by atoms with van der Waals surface area (Å²) in [6.07, 6.45) is 3.05. The summed E-state index contributed by atoms with van der Waals surface area (Å²) in [6.45, 7) is 2.53. The summed E-state index contributed by atoms with van der Waals surface area (Å²) in [6, 6.07) is 12.4. The molecule has 2 aliphatic heterocycles. The van der Waals surface area contributed by atoms with Crippen molar-refractivity contribution in [2.24, 2.45) is 5.92 Å². The Labute approximate surface area is 182 Å². The fourth-order valence-electron chi connectivity index (χ4n) is 4.12. The van der Waals surface area contributed by atoms with Crippen molar-refractivity contribution < 1.29 is 18.0 Å². The number of piperidine rings is 1. The maximum absolute atomic E-state index is 13.3. The van der Waals surface area contributed by atoms with Crippen molar-refractivity contribution in [2.45, 2.75) is 43.9 Å². The van der Waals surface area contributed by atoms with E-state index in [4.69, 9.17) is 0 Å². The van der Waals surface area contributed by atoms with E-state index < -0.39 is 15.9 Å². The van der Waals surface area contributed by atoms with Gasteiger partial charge in [0.1, 0.15) is 0 Å². The van der Waals surface area contributed by atoms with Crippen molar-refractivity contribution in [2.75, 3.05) is 23.7 Å². The molecule has 2 aromatic carbocycles. The van der Waals surface area contributed by atoms with Gasteiger partial charge in [-0.3, -0.25) is 9.59 Å². The number of hydrogen-bond acceptors (Lipinski definition) is 4. The Morgan fingerprint density at radius 1 is 1.10 bits per heavy atom. The Balaban J connectivity index is 1.49. The van der Waals surface area contributed by atoms with Crippen LogP contribution in [-0.2, 0) is 26.0 Å². The summed E-state index contributed by atoms with van der Waals surface area (Å²) >= 11 is 0. The monoisotopic (exact) mass is 441 g/mol. The van der Waals surface area contributed by atoms with Gasteiger partial charge in [0.2, 0.25) is 21.8 Å². The first-order chi connectivity index (χ1) is 14.8. The molecule has 2 aliphatic rings. The number of benzene rings is 2. The van der Waals surface area contributed by atoms with Crippen LogP contribution in [0.2, 0.25) is 0 Å². The zero-order valence-corrected chi connectivity index (χ0v) is 18.4. The molecule has 2 aromatic rings. The second kappa shape index (κ2) is 8.80. The highest BCUT2D eigenvalue weighted by molar-refractivity contribution is 7.89. The van der Waals surface area contributed by atoms with E-state index in [2.05, 4.69) is 10.6 Å². The molecule has 31 heavy (non-hydrogen) atoms. The minimum atomic E-state index is -3.73. The van der Waals surface area contributed by atoms with Crippen LogP contribution in [0, 0.1) is 12.8 Å². The average molecular weight is 442 g/mol. The third-order valence-electron chi connectivity index (χ3n) is 5.91. The zero-order valence-electron chi connectivity index (χ0n) is 17.6. The minimum absolute atomic E-state index is 0.0483. The lowest BCUT2D eigenvalue weighted by Gasteiger charge is -2.31. The molecule has 2 heterocycles. The van der Waals surface area contributed by atoms with E-state index in [9.17, 15) is 18.0 Å². The Hall–Kier alpha value is -2.71. The van der Waals surface area contributed by atoms with E-state index in [1.54, 1.807) is 12.1 Å². The summed E-state index contributed by atoms with van der Waals surface area (Å²) in [5.41, 5.74) is 3.32. The number of fused-ring (bicyclic) bond motifs is 1. The summed E-state index contributed by atoms with van der Waals surface area (Å²) in [4.78, 5) is 24.7. The maximum Gasteiger partial charge on any atom is 0.243 e. The van der Waals surface area contributed by atoms with Crippen molar-refractivity contribution in [3.05, 3.63) is 53.6 Å². The third kappa shape index (κ3) is 4.80. The number of anilines is 2. The van der Waals surface area contributed by atoms with E-state index in [1.807, 2.05) is 31.2 Å². The highest BCUT2D eigenvalue weighted by Crippen LogP contribution is 2.29. The van der Waals surface area contributed by atoms with E-state index in [0.717, 1.165) is 11.1 Å². The molecular weight excluding hydrogens is 414 g/mol. The molecule has 2 amide bonds. The summed E-state index contributed by atoms with van der Waals surface area (Å²) < 4.78 is 28.0. The third-order valence-corrected chi connectivity index (χ3v) is 7.77. The Morgan fingerprint density at radius 3 is 2.65 bits per heavy atom. The van der Waals surface area contributed by atoms with Gasteiger partial charge in [-0.05, 0) is 68.5 Å². The van der Waals surface area contributed by atoms with Crippen LogP contribution in [0.3, 0.4) is 0 Å². The molecule has 4 rings (SSSR count). The number of nitrogens with zero attached hydrogens (tertiary/aromatic N) is 1. The predicted octanol–water partition coefficient (Wildman–Crippen LogP) is 3.31. The van der Waals surface area contributed by atoms with E-state index in [-0.39, 0.29) is 23.3 Å². The predicted molar refractivity (Wildman–Crippen MR) is 119 cm³/mol. The lowest BCUT2D eigenvalue weighted by Crippen LogP contribution is -2.43. The first-order valence-corrected chi connectivity index (χ1v) is 12.1. The Morgan fingerprint density at radius 2 is 1.87 bits per heavy atom. The topological polar surface area (TPSA) is 95.6 Å². The van der Waals surface area contributed by atoms with Crippen LogP contribution in [0.4, 0.5) is 11.4 Å². The molecule has 1 atom stereocenters. The fourth-order valence-corrected chi connectivity index (χ4v) is 5.69. The number of amides is 2. The molecule has 8 heteroatoms. The van der Waals surface area contributed by atoms with Gasteiger partial charge in [0.25, 0.3) is 0 Å². The van der Waals surface area contributed by atoms with Gasteiger partial charge in [0.15, 0.2) is 0 Å². The van der Waals surface area contributed by atoms with Gasteiger partial charge in [0.05, 0.1) is 10.8 Å². The molecule has 1 saturated heterocycles. The number of carbonyl (C=O) groups excluding carboxylic acids is 2. The molecule has 2 N–H and O–H groups in total. The smallest absolute Gasteiger partial charge is 0.243 e. The molecule has 0 radical (unpaired) electrons. The SMILES string of the molecule is Cc1ccc(NC(=O)[C@@H]2CCCN(S(=O)(=O)c3ccc4c(c3)CCCC(=O)N4)C2)cc1. The normalized spacial score (nSPS) is 19.8. The summed E-state index contributed by atoms with van der Waals surface area (Å²) in [7, 11) is -3.73. The molecular formula is C23H27N3O4S. The second-order valence-electron chi connectivity index (χ2n) is 8.28. The second-order valence-corrected chi connectivity index (χ2v) is 10.2. The minimum Gasteiger partial charge on any atom is -0.326 e. The van der Waals surface area contributed by atoms with Gasteiger partial charge in [-0.15, -0.1) is 0 Å². The van der Waals surface area contributed by atoms with Crippen molar-refractivity contribution in [3.8, 4) is 0 Å². The summed E-state index contributed by atoms with van der Waals surface area (Å²) in [5.74, 6) is -0.605. The van der Waals surface area contributed by atoms with Crippen LogP contribution >= 0.6 is 0 Å². The molecule has 1 fully saturated rings. The Kier molecular flexibility index (Phi) is 6.11. The van der Waals surface area contributed by atoms with Crippen LogP contribution < -0.4 is 10.6 Å². The van der Waals surface area contributed by atoms with Gasteiger partial charge in [-0.1, -0.05) is 17.7 Å². The van der Waals surface area contributed by atoms with Gasteiger partial charge < -0.3 is 10.6 Å². The quantitative estimate of drug-likeness (QED) is 0.761. The number of aryl methyl sites for hydroxylation is 2. The molecule has 0 unspecified atom stereocenters. The molecule has 164 valence electrons. The van der Waals surface area contributed by atoms with Crippen LogP contribution in [0.5, 0.6) is 0 Å². The standard InChI is InChI=1S/C23H27N3O4S/c1-16-7-9-19(10-8-16)24-23(28)18-5-3-13-26(15-18)31(29,30)20-11-12-21-17(14-20)4-2-6-22(27)25-21/h7-12,14,18H,2-6,13,15H2,1H3,(H,24,28)(H,25,27)/t18-/m1/s1. The molecule has 0 aromatic heterocycles. The van der Waals surface area contributed by atoms with Crippen LogP contribution in [-0.4, -0.2) is 37.6 Å². The van der Waals surface area contributed by atoms with Crippen LogP contribution in [0.15, 0.2) is 47.4 Å². The fraction of sp³-hybridized carbons (Fsp3) is 0.391. The zero-order chi connectivity index (χ0) is 22.0. The molecule has 0 saturated carbocycles. The number of hydrogen-bond donors (Lipinski definition) is 2. The van der Waals surface area contributed by atoms with Gasteiger partial charge in [-0.2, -0.15) is 4.31 Å². The van der Waals surface area contributed by atoms with Crippen molar-refractivity contribution in [1.29, 1.82) is 0 Å². The van der Waals surface area contributed by atoms with Crippen molar-refractivity contribution in [3.63, 3.8) is 0 Å². The van der Waals surface area contributed by atoms with Gasteiger partial charge >= 0.3 is 0 Å². The maximum atomic E-state index is 13.3. The number of rotatable bonds is 4. The van der Waals surface area contributed by atoms with E-state index in [0.29, 0.717) is 50.0 Å². The highest BCUT2D eigenvalue weighted by atomic mass is 32.2. The number of sulfonamides is 1. The first kappa shape index (κ1) is 21.5. The number of nitrogens with one attached hydrogen (secondary N) is 2. The average Bonchev–Trinajstić information content (AvgIpc) is 2.95. The highest BCUT2D eigenvalue weighted by Gasteiger charge is 2.33. The van der Waals surface area contributed by atoms with Gasteiger partial charge in [-0.25, -0.2) is 8.42 Å². The molecule has 0 bridgehead atoms. The largest absolute Gasteiger partial charge is 0.326 e. The molecule has 0 aliphatic carbocycles. The summed E-state index contributed by atoms with van der Waals surface area (Å²) in [5, 5.41) is 5.73. The van der Waals surface area contributed by atoms with E-state index in [1.165, 1.54) is 10.4 Å². The van der Waals surface area contributed by atoms with E-state index >= 15 is 0 Å². The lowest BCUT2D eigenvalue weighted by molar-refractivity contribution is -0.121. The van der Waals surface area contributed by atoms with Gasteiger partial charge in [0, 0.05) is 30.9 Å². The number of carbonyl (C=O) groups is 2. The molecule has 7 nitrogen and oxygen atoms in total. The van der Waals surface area contributed by atoms with Crippen LogP contribution in [0.25, 0.3) is 0 Å². The van der Waals surface area contributed by atoms with Crippen molar-refractivity contribution >= 4 is 33.2 Å². The first-order valence-electron chi connectivity index (χ1n) is 10.6. The van der Waals surface area contributed by atoms with Crippen molar-refractivity contribution in [1.82, 2.24) is 4.31 Å². The Bertz CT molecular complexity index is 1100. The van der Waals surface area contributed by atoms with Crippen LogP contribution in [0.1, 0.15) is 36.8 Å².